The first-order valence-corrected chi connectivity index (χ1v) is 11.0. The van der Waals surface area contributed by atoms with Crippen molar-refractivity contribution < 1.29 is 36.6 Å². The van der Waals surface area contributed by atoms with Gasteiger partial charge in [0.25, 0.3) is 0 Å². The van der Waals surface area contributed by atoms with E-state index in [1.165, 1.54) is 11.5 Å². The number of anilines is 1. The molecule has 4 rings (SSSR count). The van der Waals surface area contributed by atoms with Crippen molar-refractivity contribution in [1.29, 1.82) is 0 Å². The third-order valence-electron chi connectivity index (χ3n) is 6.39. The third-order valence-corrected chi connectivity index (χ3v) is 6.39. The van der Waals surface area contributed by atoms with Crippen molar-refractivity contribution in [3.8, 4) is 5.75 Å². The lowest BCUT2D eigenvalue weighted by Gasteiger charge is -2.41. The first-order chi connectivity index (χ1) is 16.3. The van der Waals surface area contributed by atoms with E-state index in [0.717, 1.165) is 12.5 Å². The molecular formula is C24H24F5N3O3. The largest absolute Gasteiger partial charge is 0.432 e. The van der Waals surface area contributed by atoms with Gasteiger partial charge in [0.15, 0.2) is 5.75 Å². The summed E-state index contributed by atoms with van der Waals surface area (Å²) in [5.74, 6) is -1.49. The van der Waals surface area contributed by atoms with Crippen LogP contribution in [-0.2, 0) is 22.1 Å². The van der Waals surface area contributed by atoms with Crippen molar-refractivity contribution in [3.63, 3.8) is 0 Å². The van der Waals surface area contributed by atoms with Gasteiger partial charge in [0.05, 0.1) is 23.1 Å². The van der Waals surface area contributed by atoms with Gasteiger partial charge in [0.1, 0.15) is 5.52 Å². The lowest BCUT2D eigenvalue weighted by Crippen LogP contribution is -2.39. The standard InChI is InChI=1S/C24H24F5N3O3/c1-22(9-6-10-22)32-16-11-15(24(27,28)29)12-17(35-20(25)26)19(16)31-21(32)30-18(33)13-23(2,34)14-7-4-3-5-8-14/h3-5,7-8,11-12,20,34H,6,9-10,13H2,1-2H3,(H,30,31,33). The number of hydrogen-bond acceptors (Lipinski definition) is 4. The van der Waals surface area contributed by atoms with E-state index in [9.17, 15) is 31.9 Å². The number of carbonyl (C=O) groups is 1. The van der Waals surface area contributed by atoms with Crippen molar-refractivity contribution in [2.45, 2.75) is 63.5 Å². The number of rotatable bonds is 7. The molecular weight excluding hydrogens is 473 g/mol. The first kappa shape index (κ1) is 24.9. The van der Waals surface area contributed by atoms with Crippen LogP contribution in [0.5, 0.6) is 5.75 Å². The van der Waals surface area contributed by atoms with Gasteiger partial charge in [-0.1, -0.05) is 30.3 Å². The minimum Gasteiger partial charge on any atom is -0.432 e. The number of fused-ring (bicyclic) bond motifs is 1. The summed E-state index contributed by atoms with van der Waals surface area (Å²) in [7, 11) is 0. The van der Waals surface area contributed by atoms with Crippen LogP contribution < -0.4 is 10.1 Å². The number of benzene rings is 2. The summed E-state index contributed by atoms with van der Waals surface area (Å²) in [6.45, 7) is -0.117. The topological polar surface area (TPSA) is 76.4 Å². The highest BCUT2D eigenvalue weighted by atomic mass is 19.4. The lowest BCUT2D eigenvalue weighted by atomic mass is 9.78. The Hall–Kier alpha value is -3.21. The van der Waals surface area contributed by atoms with Crippen molar-refractivity contribution >= 4 is 22.9 Å². The molecule has 0 radical (unpaired) electrons. The number of imidazole rings is 1. The number of aliphatic hydroxyl groups is 1. The van der Waals surface area contributed by atoms with E-state index < -0.39 is 41.1 Å². The summed E-state index contributed by atoms with van der Waals surface area (Å²) < 4.78 is 72.5. The molecule has 0 spiro atoms. The highest BCUT2D eigenvalue weighted by Gasteiger charge is 2.40. The number of aromatic nitrogens is 2. The second kappa shape index (κ2) is 8.78. The predicted octanol–water partition coefficient (Wildman–Crippen LogP) is 5.79. The van der Waals surface area contributed by atoms with Gasteiger partial charge >= 0.3 is 12.8 Å². The zero-order chi connectivity index (χ0) is 25.6. The van der Waals surface area contributed by atoms with Crippen LogP contribution in [0.2, 0.25) is 0 Å². The summed E-state index contributed by atoms with van der Waals surface area (Å²) in [6.07, 6.45) is -3.21. The number of carbonyl (C=O) groups excluding carboxylic acids is 1. The minimum atomic E-state index is -4.82. The number of hydrogen-bond donors (Lipinski definition) is 2. The summed E-state index contributed by atoms with van der Waals surface area (Å²) in [4.78, 5) is 17.1. The summed E-state index contributed by atoms with van der Waals surface area (Å²) in [5, 5.41) is 13.4. The Labute approximate surface area is 197 Å². The van der Waals surface area contributed by atoms with E-state index in [-0.39, 0.29) is 23.4 Å². The average Bonchev–Trinajstić information content (AvgIpc) is 3.09. The molecule has 0 aliphatic heterocycles. The van der Waals surface area contributed by atoms with Crippen LogP contribution >= 0.6 is 0 Å². The lowest BCUT2D eigenvalue weighted by molar-refractivity contribution is -0.138. The van der Waals surface area contributed by atoms with Crippen LogP contribution in [-0.4, -0.2) is 27.2 Å². The quantitative estimate of drug-likeness (QED) is 0.405. The second-order valence-corrected chi connectivity index (χ2v) is 9.20. The molecule has 35 heavy (non-hydrogen) atoms. The van der Waals surface area contributed by atoms with E-state index in [1.807, 2.05) is 0 Å². The highest BCUT2D eigenvalue weighted by molar-refractivity contribution is 5.94. The van der Waals surface area contributed by atoms with Crippen LogP contribution in [0.25, 0.3) is 11.0 Å². The van der Waals surface area contributed by atoms with Gasteiger partial charge in [-0.05, 0) is 50.8 Å². The number of nitrogens with one attached hydrogen (secondary N) is 1. The summed E-state index contributed by atoms with van der Waals surface area (Å²) >= 11 is 0. The van der Waals surface area contributed by atoms with Crippen molar-refractivity contribution in [1.82, 2.24) is 9.55 Å². The van der Waals surface area contributed by atoms with Gasteiger partial charge in [0.2, 0.25) is 11.9 Å². The van der Waals surface area contributed by atoms with E-state index in [0.29, 0.717) is 24.5 Å². The van der Waals surface area contributed by atoms with Crippen molar-refractivity contribution in [2.75, 3.05) is 5.32 Å². The van der Waals surface area contributed by atoms with Crippen LogP contribution in [0.15, 0.2) is 42.5 Å². The van der Waals surface area contributed by atoms with Gasteiger partial charge in [-0.25, -0.2) is 4.98 Å². The molecule has 11 heteroatoms. The molecule has 188 valence electrons. The monoisotopic (exact) mass is 497 g/mol. The predicted molar refractivity (Wildman–Crippen MR) is 118 cm³/mol. The molecule has 1 aliphatic carbocycles. The molecule has 1 unspecified atom stereocenters. The Morgan fingerprint density at radius 2 is 1.86 bits per heavy atom. The SMILES string of the molecule is CC(O)(CC(=O)Nc1nc2c(OC(F)F)cc(C(F)(F)F)cc2n1C1(C)CCC1)c1ccccc1. The van der Waals surface area contributed by atoms with Gasteiger partial charge in [-0.2, -0.15) is 22.0 Å². The zero-order valence-electron chi connectivity index (χ0n) is 19.0. The maximum atomic E-state index is 13.6. The second-order valence-electron chi connectivity index (χ2n) is 9.20. The van der Waals surface area contributed by atoms with Crippen molar-refractivity contribution in [3.05, 3.63) is 53.6 Å². The molecule has 2 aromatic carbocycles. The Balaban J connectivity index is 1.78. The normalized spacial score (nSPS) is 17.2. The molecule has 0 bridgehead atoms. The van der Waals surface area contributed by atoms with E-state index in [1.54, 1.807) is 37.3 Å². The fourth-order valence-corrected chi connectivity index (χ4v) is 4.42. The number of amides is 1. The molecule has 1 amide bonds. The number of ether oxygens (including phenoxy) is 1. The van der Waals surface area contributed by atoms with E-state index in [2.05, 4.69) is 15.0 Å². The Morgan fingerprint density at radius 3 is 2.40 bits per heavy atom. The zero-order valence-corrected chi connectivity index (χ0v) is 19.0. The molecule has 1 aromatic heterocycles. The Kier molecular flexibility index (Phi) is 6.25. The first-order valence-electron chi connectivity index (χ1n) is 11.0. The number of alkyl halides is 5. The van der Waals surface area contributed by atoms with Crippen LogP contribution in [0.4, 0.5) is 27.9 Å². The molecule has 1 heterocycles. The van der Waals surface area contributed by atoms with Crippen LogP contribution in [0.1, 0.15) is 50.7 Å². The van der Waals surface area contributed by atoms with Gasteiger partial charge in [-0.15, -0.1) is 0 Å². The molecule has 1 aliphatic rings. The van der Waals surface area contributed by atoms with Crippen LogP contribution in [0.3, 0.4) is 0 Å². The maximum Gasteiger partial charge on any atom is 0.416 e. The number of nitrogens with zero attached hydrogens (tertiary/aromatic N) is 2. The van der Waals surface area contributed by atoms with Crippen molar-refractivity contribution in [2.24, 2.45) is 0 Å². The maximum absolute atomic E-state index is 13.6. The molecule has 1 atom stereocenters. The van der Waals surface area contributed by atoms with E-state index in [4.69, 9.17) is 0 Å². The Bertz CT molecular complexity index is 1230. The molecule has 6 nitrogen and oxygen atoms in total. The fourth-order valence-electron chi connectivity index (χ4n) is 4.42. The molecule has 2 N–H and O–H groups in total. The molecule has 1 saturated carbocycles. The smallest absolute Gasteiger partial charge is 0.416 e. The Morgan fingerprint density at radius 1 is 1.20 bits per heavy atom. The minimum absolute atomic E-state index is 0.0807. The highest BCUT2D eigenvalue weighted by Crippen LogP contribution is 2.46. The third kappa shape index (κ3) is 4.95. The van der Waals surface area contributed by atoms with Gasteiger partial charge < -0.3 is 14.4 Å². The van der Waals surface area contributed by atoms with Gasteiger partial charge in [0, 0.05) is 5.54 Å². The summed E-state index contributed by atoms with van der Waals surface area (Å²) in [5.41, 5.74) is -3.20. The van der Waals surface area contributed by atoms with Crippen LogP contribution in [0, 0.1) is 0 Å². The number of halogens is 5. The summed E-state index contributed by atoms with van der Waals surface area (Å²) in [6, 6.07) is 9.79. The average molecular weight is 497 g/mol. The molecule has 0 saturated heterocycles. The molecule has 3 aromatic rings. The van der Waals surface area contributed by atoms with E-state index >= 15 is 0 Å². The fraction of sp³-hybridized carbons (Fsp3) is 0.417. The molecule has 1 fully saturated rings. The van der Waals surface area contributed by atoms with Gasteiger partial charge in [-0.3, -0.25) is 10.1 Å².